The molecule has 0 radical (unpaired) electrons. The first-order chi connectivity index (χ1) is 13.2. The van der Waals surface area contributed by atoms with Crippen molar-refractivity contribution >= 4 is 22.4 Å². The second-order valence-corrected chi connectivity index (χ2v) is 5.80. The molecule has 4 rings (SSSR count). The lowest BCUT2D eigenvalue weighted by Crippen LogP contribution is -1.97. The molecule has 0 spiro atoms. The minimum Gasteiger partial charge on any atom is -0.497 e. The monoisotopic (exact) mass is 362 g/mol. The van der Waals surface area contributed by atoms with Gasteiger partial charge in [-0.25, -0.2) is 9.97 Å². The van der Waals surface area contributed by atoms with Crippen LogP contribution >= 0.6 is 0 Å². The van der Waals surface area contributed by atoms with E-state index >= 15 is 0 Å². The number of nitrogens with one attached hydrogen (secondary N) is 2. The van der Waals surface area contributed by atoms with Crippen LogP contribution < -0.4 is 19.5 Å². The van der Waals surface area contributed by atoms with Gasteiger partial charge in [0.05, 0.1) is 14.2 Å². The molecule has 0 amide bonds. The van der Waals surface area contributed by atoms with E-state index in [1.165, 1.54) is 6.33 Å². The number of ether oxygens (including phenoxy) is 3. The lowest BCUT2D eigenvalue weighted by Gasteiger charge is -2.11. The van der Waals surface area contributed by atoms with Crippen molar-refractivity contribution in [3.8, 4) is 23.1 Å². The van der Waals surface area contributed by atoms with Crippen molar-refractivity contribution in [1.82, 2.24) is 15.0 Å². The minimum absolute atomic E-state index is 0.442. The molecule has 4 aromatic rings. The summed E-state index contributed by atoms with van der Waals surface area (Å²) < 4.78 is 16.4. The van der Waals surface area contributed by atoms with Crippen LogP contribution in [0.3, 0.4) is 0 Å². The number of hydrogen-bond donors (Lipinski definition) is 2. The maximum atomic E-state index is 5.87. The van der Waals surface area contributed by atoms with Gasteiger partial charge in [0.15, 0.2) is 0 Å². The van der Waals surface area contributed by atoms with Crippen molar-refractivity contribution in [1.29, 1.82) is 0 Å². The largest absolute Gasteiger partial charge is 0.497 e. The normalized spacial score (nSPS) is 10.6. The molecule has 0 saturated carbocycles. The summed E-state index contributed by atoms with van der Waals surface area (Å²) >= 11 is 0. The Morgan fingerprint density at radius 1 is 0.852 bits per heavy atom. The van der Waals surface area contributed by atoms with Crippen LogP contribution in [0.4, 0.5) is 11.5 Å². The summed E-state index contributed by atoms with van der Waals surface area (Å²) in [7, 11) is 3.22. The highest BCUT2D eigenvalue weighted by Gasteiger charge is 2.06. The molecule has 2 aromatic heterocycles. The highest BCUT2D eigenvalue weighted by molar-refractivity contribution is 5.80. The molecule has 136 valence electrons. The third-order valence-corrected chi connectivity index (χ3v) is 4.01. The molecule has 2 aromatic carbocycles. The van der Waals surface area contributed by atoms with E-state index in [9.17, 15) is 0 Å². The number of benzene rings is 2. The van der Waals surface area contributed by atoms with Crippen molar-refractivity contribution in [2.24, 2.45) is 0 Å². The summed E-state index contributed by atoms with van der Waals surface area (Å²) in [4.78, 5) is 11.6. The zero-order valence-corrected chi connectivity index (χ0v) is 14.9. The van der Waals surface area contributed by atoms with E-state index in [-0.39, 0.29) is 0 Å². The fourth-order valence-corrected chi connectivity index (χ4v) is 2.71. The van der Waals surface area contributed by atoms with Gasteiger partial charge in [-0.2, -0.15) is 0 Å². The Morgan fingerprint density at radius 2 is 1.67 bits per heavy atom. The summed E-state index contributed by atoms with van der Waals surface area (Å²) in [5.74, 6) is 3.11. The molecule has 0 bridgehead atoms. The number of aromatic nitrogens is 3. The van der Waals surface area contributed by atoms with Gasteiger partial charge >= 0.3 is 0 Å². The topological polar surface area (TPSA) is 81.3 Å². The van der Waals surface area contributed by atoms with Crippen molar-refractivity contribution in [3.05, 3.63) is 61.1 Å². The first-order valence-corrected chi connectivity index (χ1v) is 8.30. The second-order valence-electron chi connectivity index (χ2n) is 5.80. The average Bonchev–Trinajstić information content (AvgIpc) is 3.15. The Labute approximate surface area is 155 Å². The number of hydrogen-bond acceptors (Lipinski definition) is 6. The minimum atomic E-state index is 0.442. The molecule has 7 heteroatoms. The lowest BCUT2D eigenvalue weighted by molar-refractivity contribution is 0.395. The van der Waals surface area contributed by atoms with Crippen molar-refractivity contribution < 1.29 is 14.2 Å². The quantitative estimate of drug-likeness (QED) is 0.525. The van der Waals surface area contributed by atoms with Crippen LogP contribution in [0.1, 0.15) is 0 Å². The summed E-state index contributed by atoms with van der Waals surface area (Å²) in [6.07, 6.45) is 3.34. The predicted octanol–water partition coefficient (Wildman–Crippen LogP) is 4.51. The van der Waals surface area contributed by atoms with Gasteiger partial charge in [0.25, 0.3) is 0 Å². The average molecular weight is 362 g/mol. The van der Waals surface area contributed by atoms with Crippen LogP contribution in [0.2, 0.25) is 0 Å². The Hall–Kier alpha value is -3.74. The van der Waals surface area contributed by atoms with Gasteiger partial charge in [0.2, 0.25) is 5.88 Å². The SMILES string of the molecule is COc1cc(Nc2cc(Oc3ccc4[nH]ccc4c3)ncn2)cc(OC)c1. The molecule has 27 heavy (non-hydrogen) atoms. The number of H-pyrrole nitrogens is 1. The van der Waals surface area contributed by atoms with Crippen LogP contribution in [-0.4, -0.2) is 29.2 Å². The van der Waals surface area contributed by atoms with E-state index < -0.39 is 0 Å². The zero-order chi connectivity index (χ0) is 18.6. The molecule has 7 nitrogen and oxygen atoms in total. The highest BCUT2D eigenvalue weighted by Crippen LogP contribution is 2.29. The summed E-state index contributed by atoms with van der Waals surface area (Å²) in [6, 6.07) is 15.0. The Balaban J connectivity index is 1.55. The van der Waals surface area contributed by atoms with E-state index in [4.69, 9.17) is 14.2 Å². The third kappa shape index (κ3) is 3.77. The van der Waals surface area contributed by atoms with Gasteiger partial charge in [-0.05, 0) is 24.3 Å². The van der Waals surface area contributed by atoms with E-state index in [1.54, 1.807) is 26.4 Å². The van der Waals surface area contributed by atoms with Gasteiger partial charge in [-0.3, -0.25) is 0 Å². The Bertz CT molecular complexity index is 1060. The van der Waals surface area contributed by atoms with Crippen LogP contribution in [0, 0.1) is 0 Å². The van der Waals surface area contributed by atoms with Crippen LogP contribution in [0.15, 0.2) is 61.1 Å². The molecular weight excluding hydrogens is 344 g/mol. The standard InChI is InChI=1S/C20H18N4O3/c1-25-16-8-14(9-17(10-16)26-2)24-19-11-20(23-12-22-19)27-15-3-4-18-13(7-15)5-6-21-18/h3-12,21H,1-2H3,(H,22,23,24). The second kappa shape index (κ2) is 7.25. The Kier molecular flexibility index (Phi) is 4.49. The van der Waals surface area contributed by atoms with Crippen molar-refractivity contribution in [3.63, 3.8) is 0 Å². The van der Waals surface area contributed by atoms with Gasteiger partial charge in [-0.1, -0.05) is 0 Å². The summed E-state index contributed by atoms with van der Waals surface area (Å²) in [6.45, 7) is 0. The number of anilines is 2. The molecule has 0 unspecified atom stereocenters. The zero-order valence-electron chi connectivity index (χ0n) is 14.9. The smallest absolute Gasteiger partial charge is 0.224 e. The maximum Gasteiger partial charge on any atom is 0.224 e. The first kappa shape index (κ1) is 16.7. The predicted molar refractivity (Wildman–Crippen MR) is 103 cm³/mol. The van der Waals surface area contributed by atoms with Crippen LogP contribution in [-0.2, 0) is 0 Å². The van der Waals surface area contributed by atoms with Gasteiger partial charge in [0, 0.05) is 47.1 Å². The van der Waals surface area contributed by atoms with Crippen LogP contribution in [0.25, 0.3) is 10.9 Å². The fourth-order valence-electron chi connectivity index (χ4n) is 2.71. The first-order valence-electron chi connectivity index (χ1n) is 8.30. The molecule has 0 aliphatic carbocycles. The molecule has 0 saturated heterocycles. The number of rotatable bonds is 6. The van der Waals surface area contributed by atoms with E-state index in [0.29, 0.717) is 28.9 Å². The number of nitrogens with zero attached hydrogens (tertiary/aromatic N) is 2. The number of methoxy groups -OCH3 is 2. The van der Waals surface area contributed by atoms with Crippen molar-refractivity contribution in [2.75, 3.05) is 19.5 Å². The Morgan fingerprint density at radius 3 is 2.44 bits per heavy atom. The summed E-state index contributed by atoms with van der Waals surface area (Å²) in [5.41, 5.74) is 1.84. The van der Waals surface area contributed by atoms with E-state index in [0.717, 1.165) is 16.6 Å². The highest BCUT2D eigenvalue weighted by atomic mass is 16.5. The molecule has 2 heterocycles. The van der Waals surface area contributed by atoms with Crippen molar-refractivity contribution in [2.45, 2.75) is 0 Å². The molecule has 0 aliphatic rings. The lowest BCUT2D eigenvalue weighted by atomic mass is 10.2. The molecule has 2 N–H and O–H groups in total. The molecule has 0 atom stereocenters. The van der Waals surface area contributed by atoms with Gasteiger partial charge in [0.1, 0.15) is 29.4 Å². The maximum absolute atomic E-state index is 5.87. The third-order valence-electron chi connectivity index (χ3n) is 4.01. The molecule has 0 aliphatic heterocycles. The van der Waals surface area contributed by atoms with E-state index in [2.05, 4.69) is 20.3 Å². The van der Waals surface area contributed by atoms with Gasteiger partial charge in [-0.15, -0.1) is 0 Å². The summed E-state index contributed by atoms with van der Waals surface area (Å²) in [5, 5.41) is 4.28. The van der Waals surface area contributed by atoms with Gasteiger partial charge < -0.3 is 24.5 Å². The molecular formula is C20H18N4O3. The molecule has 0 fully saturated rings. The fraction of sp³-hybridized carbons (Fsp3) is 0.100. The number of aromatic amines is 1. The van der Waals surface area contributed by atoms with Crippen LogP contribution in [0.5, 0.6) is 23.1 Å². The number of fused-ring (bicyclic) bond motifs is 1. The van der Waals surface area contributed by atoms with E-state index in [1.807, 2.05) is 42.6 Å².